The van der Waals surface area contributed by atoms with Crippen LogP contribution < -0.4 is 5.32 Å². The molecule has 0 amide bonds. The van der Waals surface area contributed by atoms with Crippen molar-refractivity contribution in [3.8, 4) is 0 Å². The average Bonchev–Trinajstić information content (AvgIpc) is 2.53. The first-order chi connectivity index (χ1) is 10.2. The monoisotopic (exact) mass is 296 g/mol. The Kier molecular flexibility index (Phi) is 6.97. The van der Waals surface area contributed by atoms with Crippen LogP contribution in [0.3, 0.4) is 0 Å². The normalized spacial score (nSPS) is 28.4. The second kappa shape index (κ2) is 8.50. The third kappa shape index (κ3) is 5.22. The van der Waals surface area contributed by atoms with E-state index in [9.17, 15) is 0 Å². The summed E-state index contributed by atoms with van der Waals surface area (Å²) in [4.78, 5) is 2.76. The summed E-state index contributed by atoms with van der Waals surface area (Å²) in [5, 5.41) is 3.68. The van der Waals surface area contributed by atoms with Crippen molar-refractivity contribution >= 4 is 0 Å². The van der Waals surface area contributed by atoms with Crippen LogP contribution in [0.15, 0.2) is 0 Å². The van der Waals surface area contributed by atoms with Gasteiger partial charge in [0.15, 0.2) is 0 Å². The molecule has 0 aromatic rings. The van der Waals surface area contributed by atoms with E-state index in [0.29, 0.717) is 11.5 Å². The molecule has 2 rings (SSSR count). The van der Waals surface area contributed by atoms with E-state index in [1.54, 1.807) is 0 Å². The SMILES string of the molecule is CCN(CC1(CNC(C)C)CCCOC1)C1CCCCC1. The van der Waals surface area contributed by atoms with Gasteiger partial charge in [-0.1, -0.05) is 40.0 Å². The van der Waals surface area contributed by atoms with Crippen molar-refractivity contribution in [3.05, 3.63) is 0 Å². The Labute approximate surface area is 131 Å². The maximum Gasteiger partial charge on any atom is 0.0546 e. The highest BCUT2D eigenvalue weighted by molar-refractivity contribution is 4.90. The fourth-order valence-corrected chi connectivity index (χ4v) is 4.03. The predicted molar refractivity (Wildman–Crippen MR) is 89.7 cm³/mol. The Bertz CT molecular complexity index is 281. The van der Waals surface area contributed by atoms with Crippen LogP contribution in [0.25, 0.3) is 0 Å². The Hall–Kier alpha value is -0.120. The minimum Gasteiger partial charge on any atom is -0.381 e. The molecule has 1 saturated heterocycles. The minimum atomic E-state index is 0.329. The molecule has 3 nitrogen and oxygen atoms in total. The van der Waals surface area contributed by atoms with Gasteiger partial charge in [-0.05, 0) is 32.2 Å². The van der Waals surface area contributed by atoms with Crippen molar-refractivity contribution in [2.24, 2.45) is 5.41 Å². The topological polar surface area (TPSA) is 24.5 Å². The van der Waals surface area contributed by atoms with Crippen LogP contribution in [0.4, 0.5) is 0 Å². The highest BCUT2D eigenvalue weighted by Crippen LogP contribution is 2.32. The van der Waals surface area contributed by atoms with E-state index in [2.05, 4.69) is 31.0 Å². The molecule has 1 aliphatic carbocycles. The van der Waals surface area contributed by atoms with E-state index in [1.807, 2.05) is 0 Å². The van der Waals surface area contributed by atoms with Gasteiger partial charge in [0, 0.05) is 37.2 Å². The molecule has 1 N–H and O–H groups in total. The maximum atomic E-state index is 5.88. The zero-order valence-electron chi connectivity index (χ0n) is 14.5. The van der Waals surface area contributed by atoms with E-state index in [0.717, 1.165) is 25.8 Å². The van der Waals surface area contributed by atoms with Crippen molar-refractivity contribution in [3.63, 3.8) is 0 Å². The lowest BCUT2D eigenvalue weighted by molar-refractivity contribution is -0.0354. The van der Waals surface area contributed by atoms with Crippen molar-refractivity contribution < 1.29 is 4.74 Å². The van der Waals surface area contributed by atoms with Crippen molar-refractivity contribution in [1.29, 1.82) is 0 Å². The van der Waals surface area contributed by atoms with Gasteiger partial charge in [-0.3, -0.25) is 4.90 Å². The number of nitrogens with zero attached hydrogens (tertiary/aromatic N) is 1. The molecule has 0 aromatic carbocycles. The lowest BCUT2D eigenvalue weighted by atomic mass is 9.80. The molecule has 1 atom stereocenters. The molecule has 0 aromatic heterocycles. The van der Waals surface area contributed by atoms with Gasteiger partial charge >= 0.3 is 0 Å². The Morgan fingerprint density at radius 3 is 2.52 bits per heavy atom. The number of nitrogens with one attached hydrogen (secondary N) is 1. The molecule has 1 aliphatic heterocycles. The summed E-state index contributed by atoms with van der Waals surface area (Å²) >= 11 is 0. The standard InChI is InChI=1S/C18H36N2O/c1-4-20(17-9-6-5-7-10-17)14-18(13-19-16(2)3)11-8-12-21-15-18/h16-17,19H,4-15H2,1-3H3. The Morgan fingerprint density at radius 2 is 1.95 bits per heavy atom. The molecule has 2 aliphatic rings. The van der Waals surface area contributed by atoms with Crippen LogP contribution in [-0.2, 0) is 4.74 Å². The van der Waals surface area contributed by atoms with Gasteiger partial charge in [0.2, 0.25) is 0 Å². The molecule has 2 fully saturated rings. The number of ether oxygens (including phenoxy) is 1. The van der Waals surface area contributed by atoms with Crippen LogP contribution in [0.1, 0.15) is 65.7 Å². The van der Waals surface area contributed by atoms with Gasteiger partial charge in [0.05, 0.1) is 6.61 Å². The summed E-state index contributed by atoms with van der Waals surface area (Å²) < 4.78 is 5.88. The summed E-state index contributed by atoms with van der Waals surface area (Å²) in [5.41, 5.74) is 0.329. The fraction of sp³-hybridized carbons (Fsp3) is 1.00. The first kappa shape index (κ1) is 17.2. The molecule has 1 unspecified atom stereocenters. The summed E-state index contributed by atoms with van der Waals surface area (Å²) in [5.74, 6) is 0. The molecular weight excluding hydrogens is 260 g/mol. The van der Waals surface area contributed by atoms with E-state index < -0.39 is 0 Å². The van der Waals surface area contributed by atoms with Gasteiger partial charge in [0.25, 0.3) is 0 Å². The summed E-state index contributed by atoms with van der Waals surface area (Å²) in [6.07, 6.45) is 9.64. The van der Waals surface area contributed by atoms with Gasteiger partial charge in [-0.25, -0.2) is 0 Å². The summed E-state index contributed by atoms with van der Waals surface area (Å²) in [6.45, 7) is 12.2. The molecule has 124 valence electrons. The zero-order valence-corrected chi connectivity index (χ0v) is 14.5. The van der Waals surface area contributed by atoms with E-state index in [4.69, 9.17) is 4.74 Å². The van der Waals surface area contributed by atoms with Crippen LogP contribution in [0.2, 0.25) is 0 Å². The zero-order chi connectivity index (χ0) is 15.1. The molecule has 1 saturated carbocycles. The lowest BCUT2D eigenvalue weighted by Gasteiger charge is -2.44. The average molecular weight is 296 g/mol. The lowest BCUT2D eigenvalue weighted by Crippen LogP contribution is -2.52. The van der Waals surface area contributed by atoms with Gasteiger partial charge in [-0.2, -0.15) is 0 Å². The van der Waals surface area contributed by atoms with Gasteiger partial charge in [0.1, 0.15) is 0 Å². The highest BCUT2D eigenvalue weighted by Gasteiger charge is 2.36. The largest absolute Gasteiger partial charge is 0.381 e. The highest BCUT2D eigenvalue weighted by atomic mass is 16.5. The predicted octanol–water partition coefficient (Wildman–Crippen LogP) is 3.44. The van der Waals surface area contributed by atoms with Crippen molar-refractivity contribution in [2.75, 3.05) is 32.8 Å². The molecular formula is C18H36N2O. The molecule has 0 spiro atoms. The Balaban J connectivity index is 1.97. The summed E-state index contributed by atoms with van der Waals surface area (Å²) in [6, 6.07) is 1.38. The van der Waals surface area contributed by atoms with Crippen molar-refractivity contribution in [2.45, 2.75) is 77.8 Å². The van der Waals surface area contributed by atoms with Gasteiger partial charge < -0.3 is 10.1 Å². The first-order valence-electron chi connectivity index (χ1n) is 9.20. The molecule has 21 heavy (non-hydrogen) atoms. The fourth-order valence-electron chi connectivity index (χ4n) is 4.03. The van der Waals surface area contributed by atoms with Crippen molar-refractivity contribution in [1.82, 2.24) is 10.2 Å². The van der Waals surface area contributed by atoms with E-state index in [1.165, 1.54) is 58.0 Å². The second-order valence-corrected chi connectivity index (χ2v) is 7.55. The third-order valence-electron chi connectivity index (χ3n) is 5.33. The van der Waals surface area contributed by atoms with E-state index >= 15 is 0 Å². The Morgan fingerprint density at radius 1 is 1.19 bits per heavy atom. The van der Waals surface area contributed by atoms with Crippen LogP contribution >= 0.6 is 0 Å². The molecule has 0 radical (unpaired) electrons. The smallest absolute Gasteiger partial charge is 0.0546 e. The number of hydrogen-bond acceptors (Lipinski definition) is 3. The second-order valence-electron chi connectivity index (χ2n) is 7.55. The minimum absolute atomic E-state index is 0.329. The number of rotatable bonds is 7. The quantitative estimate of drug-likeness (QED) is 0.779. The number of hydrogen-bond donors (Lipinski definition) is 1. The third-order valence-corrected chi connectivity index (χ3v) is 5.33. The summed E-state index contributed by atoms with van der Waals surface area (Å²) in [7, 11) is 0. The van der Waals surface area contributed by atoms with Gasteiger partial charge in [-0.15, -0.1) is 0 Å². The molecule has 1 heterocycles. The van der Waals surface area contributed by atoms with Crippen LogP contribution in [0.5, 0.6) is 0 Å². The first-order valence-corrected chi connectivity index (χ1v) is 9.20. The molecule has 0 bridgehead atoms. The molecule has 3 heteroatoms. The van der Waals surface area contributed by atoms with Crippen LogP contribution in [0, 0.1) is 5.41 Å². The maximum absolute atomic E-state index is 5.88. The van der Waals surface area contributed by atoms with E-state index in [-0.39, 0.29) is 0 Å². The van der Waals surface area contributed by atoms with Crippen LogP contribution in [-0.4, -0.2) is 49.8 Å².